The van der Waals surface area contributed by atoms with Crippen LogP contribution in [0.25, 0.3) is 0 Å². The van der Waals surface area contributed by atoms with Crippen LogP contribution in [-0.2, 0) is 14.9 Å². The second-order valence-corrected chi connectivity index (χ2v) is 6.96. The second kappa shape index (κ2) is 7.68. The molecule has 0 spiro atoms. The summed E-state index contributed by atoms with van der Waals surface area (Å²) in [7, 11) is -0.670. The number of ether oxygens (including phenoxy) is 1. The summed E-state index contributed by atoms with van der Waals surface area (Å²) in [5.41, 5.74) is 0. The highest BCUT2D eigenvalue weighted by molar-refractivity contribution is 7.90. The van der Waals surface area contributed by atoms with E-state index in [1.807, 2.05) is 0 Å². The molecule has 124 valence electrons. The monoisotopic (exact) mass is 330 g/mol. The summed E-state index contributed by atoms with van der Waals surface area (Å²) in [6.45, 7) is 5.09. The molecule has 0 aliphatic carbocycles. The zero-order valence-corrected chi connectivity index (χ0v) is 13.6. The highest BCUT2D eigenvalue weighted by Crippen LogP contribution is 2.08. The van der Waals surface area contributed by atoms with Gasteiger partial charge in [0.1, 0.15) is 5.82 Å². The van der Waals surface area contributed by atoms with Crippen LogP contribution in [0.5, 0.6) is 0 Å². The molecule has 2 N–H and O–H groups in total. The Balaban J connectivity index is 1.79. The minimum absolute atomic E-state index is 0.187. The summed E-state index contributed by atoms with van der Waals surface area (Å²) in [5.74, 6) is 0.800. The predicted molar refractivity (Wildman–Crippen MR) is 84.0 cm³/mol. The molecule has 22 heavy (non-hydrogen) atoms. The molecule has 0 aromatic carbocycles. The Hall–Kier alpha value is -1.49. The van der Waals surface area contributed by atoms with Gasteiger partial charge in [-0.3, -0.25) is 9.62 Å². The van der Waals surface area contributed by atoms with Crippen LogP contribution in [0.15, 0.2) is 12.1 Å². The lowest BCUT2D eigenvalue weighted by Gasteiger charge is -2.26. The third-order valence-corrected chi connectivity index (χ3v) is 4.65. The molecule has 1 fully saturated rings. The molecule has 0 saturated carbocycles. The van der Waals surface area contributed by atoms with Crippen molar-refractivity contribution in [3.05, 3.63) is 12.1 Å². The quantitative estimate of drug-likeness (QED) is 0.691. The van der Waals surface area contributed by atoms with Crippen LogP contribution >= 0.6 is 0 Å². The Morgan fingerprint density at radius 2 is 1.86 bits per heavy atom. The fourth-order valence-corrected chi connectivity index (χ4v) is 2.43. The normalized spacial score (nSPS) is 16.7. The van der Waals surface area contributed by atoms with Crippen LogP contribution in [0.3, 0.4) is 0 Å². The Morgan fingerprint density at radius 1 is 1.23 bits per heavy atom. The van der Waals surface area contributed by atoms with Crippen molar-refractivity contribution in [2.24, 2.45) is 0 Å². The van der Waals surface area contributed by atoms with E-state index in [1.54, 1.807) is 12.1 Å². The number of nitrogens with zero attached hydrogens (tertiary/aromatic N) is 4. The average molecular weight is 330 g/mol. The Labute approximate surface area is 130 Å². The van der Waals surface area contributed by atoms with Gasteiger partial charge >= 0.3 is 10.2 Å². The highest BCUT2D eigenvalue weighted by atomic mass is 32.2. The second-order valence-electron chi connectivity index (χ2n) is 5.07. The first kappa shape index (κ1) is 16.9. The van der Waals surface area contributed by atoms with Crippen molar-refractivity contribution >= 4 is 21.8 Å². The molecular weight excluding hydrogens is 308 g/mol. The van der Waals surface area contributed by atoms with Crippen LogP contribution in [0, 0.1) is 0 Å². The van der Waals surface area contributed by atoms with E-state index in [1.165, 1.54) is 14.1 Å². The SMILES string of the molecule is CN(C)S(=O)(=O)Nc1ccc(NCCN2CCOCC2)nn1. The molecule has 2 heterocycles. The van der Waals surface area contributed by atoms with E-state index in [9.17, 15) is 8.42 Å². The summed E-state index contributed by atoms with van der Waals surface area (Å²) < 4.78 is 32.0. The molecule has 1 aliphatic rings. The van der Waals surface area contributed by atoms with Crippen LogP contribution < -0.4 is 10.0 Å². The van der Waals surface area contributed by atoms with Crippen molar-refractivity contribution in [3.8, 4) is 0 Å². The van der Waals surface area contributed by atoms with Gasteiger partial charge in [0.15, 0.2) is 5.82 Å². The van der Waals surface area contributed by atoms with E-state index in [2.05, 4.69) is 25.1 Å². The molecule has 0 radical (unpaired) electrons. The molecule has 2 rings (SSSR count). The lowest BCUT2D eigenvalue weighted by Crippen LogP contribution is -2.39. The van der Waals surface area contributed by atoms with Crippen LogP contribution in [0.1, 0.15) is 0 Å². The Kier molecular flexibility index (Phi) is 5.89. The molecule has 1 saturated heterocycles. The molecule has 1 aliphatic heterocycles. The van der Waals surface area contributed by atoms with E-state index in [-0.39, 0.29) is 5.82 Å². The number of morpholine rings is 1. The number of hydrogen-bond acceptors (Lipinski definition) is 7. The molecule has 1 aromatic heterocycles. The van der Waals surface area contributed by atoms with Crippen molar-refractivity contribution in [1.82, 2.24) is 19.4 Å². The van der Waals surface area contributed by atoms with Gasteiger partial charge in [-0.2, -0.15) is 12.7 Å². The number of nitrogens with one attached hydrogen (secondary N) is 2. The number of hydrogen-bond donors (Lipinski definition) is 2. The maximum atomic E-state index is 11.6. The molecule has 0 amide bonds. The largest absolute Gasteiger partial charge is 0.379 e. The first-order valence-corrected chi connectivity index (χ1v) is 8.49. The predicted octanol–water partition coefficient (Wildman–Crippen LogP) is -0.561. The van der Waals surface area contributed by atoms with Crippen molar-refractivity contribution in [1.29, 1.82) is 0 Å². The molecule has 10 heteroatoms. The molecular formula is C12H22N6O3S. The number of rotatable bonds is 7. The van der Waals surface area contributed by atoms with Gasteiger partial charge in [-0.05, 0) is 12.1 Å². The fraction of sp³-hybridized carbons (Fsp3) is 0.667. The van der Waals surface area contributed by atoms with Crippen LogP contribution in [-0.4, -0.2) is 81.3 Å². The summed E-state index contributed by atoms with van der Waals surface area (Å²) >= 11 is 0. The van der Waals surface area contributed by atoms with Gasteiger partial charge in [0.2, 0.25) is 0 Å². The minimum Gasteiger partial charge on any atom is -0.379 e. The van der Waals surface area contributed by atoms with E-state index < -0.39 is 10.2 Å². The van der Waals surface area contributed by atoms with Gasteiger partial charge in [-0.1, -0.05) is 0 Å². The third kappa shape index (κ3) is 5.05. The van der Waals surface area contributed by atoms with Gasteiger partial charge in [-0.25, -0.2) is 0 Å². The molecule has 9 nitrogen and oxygen atoms in total. The molecule has 0 atom stereocenters. The number of anilines is 2. The lowest BCUT2D eigenvalue weighted by atomic mass is 10.4. The van der Waals surface area contributed by atoms with Crippen LogP contribution in [0.2, 0.25) is 0 Å². The van der Waals surface area contributed by atoms with Gasteiger partial charge in [-0.15, -0.1) is 10.2 Å². The van der Waals surface area contributed by atoms with Crippen molar-refractivity contribution in [2.45, 2.75) is 0 Å². The minimum atomic E-state index is -3.55. The number of aromatic nitrogens is 2. The molecule has 1 aromatic rings. The van der Waals surface area contributed by atoms with Gasteiger partial charge in [0.05, 0.1) is 13.2 Å². The smallest absolute Gasteiger partial charge is 0.302 e. The summed E-state index contributed by atoms with van der Waals surface area (Å²) in [4.78, 5) is 2.31. The van der Waals surface area contributed by atoms with Gasteiger partial charge in [0.25, 0.3) is 0 Å². The maximum absolute atomic E-state index is 11.6. The highest BCUT2D eigenvalue weighted by Gasteiger charge is 2.14. The Morgan fingerprint density at radius 3 is 2.45 bits per heavy atom. The summed E-state index contributed by atoms with van der Waals surface area (Å²) in [5, 5.41) is 11.0. The third-order valence-electron chi connectivity index (χ3n) is 3.22. The zero-order chi connectivity index (χ0) is 16.0. The van der Waals surface area contributed by atoms with Gasteiger partial charge in [0, 0.05) is 40.3 Å². The van der Waals surface area contributed by atoms with E-state index >= 15 is 0 Å². The fourth-order valence-electron chi connectivity index (χ4n) is 1.87. The van der Waals surface area contributed by atoms with Crippen LogP contribution in [0.4, 0.5) is 11.6 Å². The average Bonchev–Trinajstić information content (AvgIpc) is 2.50. The van der Waals surface area contributed by atoms with Crippen molar-refractivity contribution in [2.75, 3.05) is 63.5 Å². The van der Waals surface area contributed by atoms with E-state index in [4.69, 9.17) is 4.74 Å². The van der Waals surface area contributed by atoms with E-state index in [0.29, 0.717) is 5.82 Å². The first-order valence-electron chi connectivity index (χ1n) is 7.05. The zero-order valence-electron chi connectivity index (χ0n) is 12.8. The van der Waals surface area contributed by atoms with E-state index in [0.717, 1.165) is 43.7 Å². The first-order chi connectivity index (χ1) is 10.5. The molecule has 0 unspecified atom stereocenters. The topological polar surface area (TPSA) is 99.7 Å². The summed E-state index contributed by atoms with van der Waals surface area (Å²) in [6.07, 6.45) is 0. The van der Waals surface area contributed by atoms with Crippen molar-refractivity contribution < 1.29 is 13.2 Å². The van der Waals surface area contributed by atoms with Gasteiger partial charge < -0.3 is 10.1 Å². The lowest BCUT2D eigenvalue weighted by molar-refractivity contribution is 0.0398. The van der Waals surface area contributed by atoms with Crippen molar-refractivity contribution in [3.63, 3.8) is 0 Å². The summed E-state index contributed by atoms with van der Waals surface area (Å²) in [6, 6.07) is 3.27. The Bertz CT molecular complexity index is 557. The maximum Gasteiger partial charge on any atom is 0.302 e. The molecule has 0 bridgehead atoms. The standard InChI is InChI=1S/C12H22N6O3S/c1-17(2)22(19,20)16-12-4-3-11(14-15-12)13-5-6-18-7-9-21-10-8-18/h3-4H,5-10H2,1-2H3,(H,13,14)(H,15,16).